The number of hydrogen-bond donors (Lipinski definition) is 2. The molecule has 7 heteroatoms. The van der Waals surface area contributed by atoms with Gasteiger partial charge in [-0.25, -0.2) is 4.68 Å². The van der Waals surface area contributed by atoms with Crippen LogP contribution < -0.4 is 10.9 Å². The predicted octanol–water partition coefficient (Wildman–Crippen LogP) is 0.870. The van der Waals surface area contributed by atoms with Crippen LogP contribution in [0.5, 0.6) is 0 Å². The Kier molecular flexibility index (Phi) is 4.44. The Balaban J connectivity index is 2.09. The highest BCUT2D eigenvalue weighted by Gasteiger charge is 2.32. The van der Waals surface area contributed by atoms with E-state index in [1.165, 1.54) is 10.9 Å². The molecule has 0 aliphatic carbocycles. The molecule has 1 unspecified atom stereocenters. The van der Waals surface area contributed by atoms with Crippen molar-refractivity contribution < 1.29 is 9.84 Å². The van der Waals surface area contributed by atoms with E-state index >= 15 is 0 Å². The molecule has 1 saturated heterocycles. The van der Waals surface area contributed by atoms with Gasteiger partial charge in [-0.2, -0.15) is 5.10 Å². The maximum absolute atomic E-state index is 11.9. The van der Waals surface area contributed by atoms with E-state index < -0.39 is 5.60 Å². The Bertz CT molecular complexity index is 497. The topological polar surface area (TPSA) is 76.4 Å². The van der Waals surface area contributed by atoms with Crippen molar-refractivity contribution in [3.63, 3.8) is 0 Å². The van der Waals surface area contributed by atoms with Gasteiger partial charge in [0.15, 0.2) is 0 Å². The van der Waals surface area contributed by atoms with Crippen molar-refractivity contribution in [2.75, 3.05) is 25.1 Å². The normalized spacial score (nSPS) is 22.7. The lowest BCUT2D eigenvalue weighted by Gasteiger charge is -2.21. The number of aromatic nitrogens is 2. The molecule has 1 atom stereocenters. The number of hydrogen-bond acceptors (Lipinski definition) is 5. The molecule has 2 N–H and O–H groups in total. The summed E-state index contributed by atoms with van der Waals surface area (Å²) in [5.74, 6) is 0. The number of aliphatic hydroxyl groups is 1. The van der Waals surface area contributed by atoms with Crippen LogP contribution in [0.4, 0.5) is 5.69 Å². The van der Waals surface area contributed by atoms with Crippen LogP contribution >= 0.6 is 11.6 Å². The van der Waals surface area contributed by atoms with Crippen molar-refractivity contribution in [1.29, 1.82) is 0 Å². The Hall–Kier alpha value is -1.11. The molecule has 0 aromatic carbocycles. The first kappa shape index (κ1) is 14.3. The van der Waals surface area contributed by atoms with Gasteiger partial charge in [0, 0.05) is 26.1 Å². The highest BCUT2D eigenvalue weighted by molar-refractivity contribution is 6.32. The van der Waals surface area contributed by atoms with Gasteiger partial charge in [0.25, 0.3) is 5.56 Å². The van der Waals surface area contributed by atoms with Crippen molar-refractivity contribution >= 4 is 17.3 Å². The van der Waals surface area contributed by atoms with Gasteiger partial charge < -0.3 is 15.2 Å². The second kappa shape index (κ2) is 5.90. The maximum atomic E-state index is 11.9. The molecule has 0 saturated carbocycles. The monoisotopic (exact) mass is 287 g/mol. The number of rotatable bonds is 5. The molecule has 0 amide bonds. The number of anilines is 1. The fraction of sp³-hybridized carbons (Fsp3) is 0.667. The standard InChI is InChI=1S/C12H18ClN3O3/c1-2-4-16-11(17)10(13)9(6-15-16)14-7-12(18)3-5-19-8-12/h6,14,18H,2-5,7-8H2,1H3. The molecule has 2 rings (SSSR count). The number of nitrogens with one attached hydrogen (secondary N) is 1. The van der Waals surface area contributed by atoms with E-state index in [-0.39, 0.29) is 23.7 Å². The molecule has 0 bridgehead atoms. The smallest absolute Gasteiger partial charge is 0.287 e. The Morgan fingerprint density at radius 1 is 1.68 bits per heavy atom. The molecule has 1 aliphatic rings. The van der Waals surface area contributed by atoms with E-state index in [1.54, 1.807) is 0 Å². The molecule has 106 valence electrons. The summed E-state index contributed by atoms with van der Waals surface area (Å²) in [4.78, 5) is 11.9. The van der Waals surface area contributed by atoms with E-state index in [1.807, 2.05) is 6.92 Å². The van der Waals surface area contributed by atoms with Crippen molar-refractivity contribution in [3.05, 3.63) is 21.6 Å². The molecule has 19 heavy (non-hydrogen) atoms. The van der Waals surface area contributed by atoms with Crippen LogP contribution in [0.15, 0.2) is 11.0 Å². The fourth-order valence-electron chi connectivity index (χ4n) is 1.96. The second-order valence-corrected chi connectivity index (χ2v) is 5.16. The summed E-state index contributed by atoms with van der Waals surface area (Å²) in [6, 6.07) is 0. The highest BCUT2D eigenvalue weighted by atomic mass is 35.5. The first-order chi connectivity index (χ1) is 9.06. The SMILES string of the molecule is CCCn1ncc(NCC2(O)CCOC2)c(Cl)c1=O. The Labute approximate surface area is 116 Å². The zero-order valence-electron chi connectivity index (χ0n) is 10.9. The van der Waals surface area contributed by atoms with Crippen LogP contribution in [-0.2, 0) is 11.3 Å². The van der Waals surface area contributed by atoms with Gasteiger partial charge in [-0.1, -0.05) is 18.5 Å². The zero-order valence-corrected chi connectivity index (χ0v) is 11.6. The third-order valence-electron chi connectivity index (χ3n) is 3.11. The van der Waals surface area contributed by atoms with Crippen LogP contribution in [0, 0.1) is 0 Å². The van der Waals surface area contributed by atoms with E-state index in [2.05, 4.69) is 10.4 Å². The minimum Gasteiger partial charge on any atom is -0.386 e. The minimum atomic E-state index is -0.901. The predicted molar refractivity (Wildman–Crippen MR) is 72.7 cm³/mol. The van der Waals surface area contributed by atoms with Crippen LogP contribution in [0.1, 0.15) is 19.8 Å². The summed E-state index contributed by atoms with van der Waals surface area (Å²) in [5, 5.41) is 17.2. The minimum absolute atomic E-state index is 0.103. The second-order valence-electron chi connectivity index (χ2n) is 4.78. The molecule has 1 aromatic rings. The third-order valence-corrected chi connectivity index (χ3v) is 3.48. The van der Waals surface area contributed by atoms with Gasteiger partial charge in [0.2, 0.25) is 0 Å². The summed E-state index contributed by atoms with van der Waals surface area (Å²) in [6.07, 6.45) is 2.89. The first-order valence-corrected chi connectivity index (χ1v) is 6.73. The molecule has 2 heterocycles. The average Bonchev–Trinajstić information content (AvgIpc) is 2.82. The molecule has 1 aliphatic heterocycles. The third kappa shape index (κ3) is 3.26. The largest absolute Gasteiger partial charge is 0.386 e. The fourth-order valence-corrected chi connectivity index (χ4v) is 2.17. The maximum Gasteiger partial charge on any atom is 0.287 e. The van der Waals surface area contributed by atoms with Gasteiger partial charge in [-0.15, -0.1) is 0 Å². The summed E-state index contributed by atoms with van der Waals surface area (Å²) in [5.41, 5.74) is -0.774. The molecular formula is C12H18ClN3O3. The molecule has 0 radical (unpaired) electrons. The Morgan fingerprint density at radius 2 is 2.47 bits per heavy atom. The van der Waals surface area contributed by atoms with Crippen molar-refractivity contribution in [2.24, 2.45) is 0 Å². The van der Waals surface area contributed by atoms with Crippen molar-refractivity contribution in [1.82, 2.24) is 9.78 Å². The molecular weight excluding hydrogens is 270 g/mol. The van der Waals surface area contributed by atoms with Gasteiger partial charge in [0.1, 0.15) is 10.6 Å². The van der Waals surface area contributed by atoms with E-state index in [0.717, 1.165) is 6.42 Å². The van der Waals surface area contributed by atoms with Gasteiger partial charge in [-0.05, 0) is 6.42 Å². The number of nitrogens with zero attached hydrogens (tertiary/aromatic N) is 2. The lowest BCUT2D eigenvalue weighted by atomic mass is 10.0. The molecule has 1 fully saturated rings. The van der Waals surface area contributed by atoms with Crippen LogP contribution in [0.25, 0.3) is 0 Å². The number of aryl methyl sites for hydroxylation is 1. The first-order valence-electron chi connectivity index (χ1n) is 6.35. The van der Waals surface area contributed by atoms with Crippen molar-refractivity contribution in [3.8, 4) is 0 Å². The van der Waals surface area contributed by atoms with Gasteiger partial charge in [-0.3, -0.25) is 4.79 Å². The summed E-state index contributed by atoms with van der Waals surface area (Å²) in [6.45, 7) is 3.62. The molecule has 6 nitrogen and oxygen atoms in total. The van der Waals surface area contributed by atoms with Crippen LogP contribution in [0.3, 0.4) is 0 Å². The summed E-state index contributed by atoms with van der Waals surface area (Å²) in [7, 11) is 0. The van der Waals surface area contributed by atoms with Gasteiger partial charge >= 0.3 is 0 Å². The van der Waals surface area contributed by atoms with Crippen LogP contribution in [0.2, 0.25) is 5.02 Å². The summed E-state index contributed by atoms with van der Waals surface area (Å²) >= 11 is 6.02. The van der Waals surface area contributed by atoms with E-state index in [9.17, 15) is 9.90 Å². The zero-order chi connectivity index (χ0) is 13.9. The number of halogens is 1. The Morgan fingerprint density at radius 3 is 3.11 bits per heavy atom. The quantitative estimate of drug-likeness (QED) is 0.840. The van der Waals surface area contributed by atoms with Gasteiger partial charge in [0.05, 0.1) is 18.5 Å². The van der Waals surface area contributed by atoms with Crippen LogP contribution in [-0.4, -0.2) is 40.2 Å². The van der Waals surface area contributed by atoms with Crippen molar-refractivity contribution in [2.45, 2.75) is 31.9 Å². The lowest BCUT2D eigenvalue weighted by Crippen LogP contribution is -2.37. The van der Waals surface area contributed by atoms with E-state index in [4.69, 9.17) is 16.3 Å². The molecule has 1 aromatic heterocycles. The molecule has 0 spiro atoms. The summed E-state index contributed by atoms with van der Waals surface area (Å²) < 4.78 is 6.48. The van der Waals surface area contributed by atoms with E-state index in [0.29, 0.717) is 25.3 Å². The lowest BCUT2D eigenvalue weighted by molar-refractivity contribution is 0.0382. The number of ether oxygens (including phenoxy) is 1. The average molecular weight is 288 g/mol. The highest BCUT2D eigenvalue weighted by Crippen LogP contribution is 2.21.